The van der Waals surface area contributed by atoms with Gasteiger partial charge in [-0.2, -0.15) is 5.01 Å². The predicted octanol–water partition coefficient (Wildman–Crippen LogP) is 7.44. The summed E-state index contributed by atoms with van der Waals surface area (Å²) in [5, 5.41) is 26.3. The van der Waals surface area contributed by atoms with Gasteiger partial charge in [-0.3, -0.25) is 34.7 Å². The van der Waals surface area contributed by atoms with Crippen LogP contribution < -0.4 is 10.3 Å². The Morgan fingerprint density at radius 2 is 1.60 bits per heavy atom. The summed E-state index contributed by atoms with van der Waals surface area (Å²) >= 11 is 6.39. The molecule has 9 rings (SSSR count). The van der Waals surface area contributed by atoms with E-state index in [-0.39, 0.29) is 35.7 Å². The van der Waals surface area contributed by atoms with Gasteiger partial charge in [0, 0.05) is 28.6 Å². The second-order valence-corrected chi connectivity index (χ2v) is 14.8. The number of rotatable bonds is 6. The molecule has 2 aliphatic carbocycles. The smallest absolute Gasteiger partial charge is 0.271 e. The normalized spacial score (nSPS) is 25.8. The van der Waals surface area contributed by atoms with E-state index in [1.807, 2.05) is 30.3 Å². The van der Waals surface area contributed by atoms with E-state index in [0.717, 1.165) is 15.3 Å². The number of hydrogen-bond donors (Lipinski definition) is 2. The van der Waals surface area contributed by atoms with Crippen LogP contribution in [0.3, 0.4) is 0 Å². The van der Waals surface area contributed by atoms with Crippen molar-refractivity contribution in [1.82, 2.24) is 5.01 Å². The van der Waals surface area contributed by atoms with Gasteiger partial charge in [0.1, 0.15) is 11.6 Å². The highest BCUT2D eigenvalue weighted by atomic mass is 35.5. The lowest BCUT2D eigenvalue weighted by Gasteiger charge is -2.51. The van der Waals surface area contributed by atoms with E-state index < -0.39 is 69.4 Å². The van der Waals surface area contributed by atoms with Crippen LogP contribution in [0.2, 0.25) is 5.02 Å². The van der Waals surface area contributed by atoms with Crippen molar-refractivity contribution in [3.8, 4) is 5.75 Å². The Kier molecular flexibility index (Phi) is 7.87. The van der Waals surface area contributed by atoms with Crippen LogP contribution in [-0.2, 0) is 24.6 Å². The van der Waals surface area contributed by atoms with Crippen LogP contribution in [0.15, 0.2) is 121 Å². The Balaban J connectivity index is 1.27. The van der Waals surface area contributed by atoms with Crippen molar-refractivity contribution in [2.45, 2.75) is 24.2 Å². The Bertz CT molecular complexity index is 2530. The molecule has 1 saturated carbocycles. The molecule has 2 saturated heterocycles. The summed E-state index contributed by atoms with van der Waals surface area (Å²) in [6, 6.07) is 27.8. The molecule has 3 fully saturated rings. The summed E-state index contributed by atoms with van der Waals surface area (Å²) in [6.45, 7) is 0. The van der Waals surface area contributed by atoms with Crippen molar-refractivity contribution in [2.75, 3.05) is 10.3 Å². The Hall–Kier alpha value is -6.40. The van der Waals surface area contributed by atoms with Crippen LogP contribution in [0.1, 0.15) is 29.9 Å². The van der Waals surface area contributed by atoms with Crippen LogP contribution >= 0.6 is 11.6 Å². The van der Waals surface area contributed by atoms with Crippen molar-refractivity contribution in [1.29, 1.82) is 0 Å². The van der Waals surface area contributed by atoms with E-state index in [4.69, 9.17) is 11.6 Å². The molecule has 2 heterocycles. The molecular weight excluding hydrogens is 727 g/mol. The third-order valence-electron chi connectivity index (χ3n) is 11.8. The van der Waals surface area contributed by atoms with Crippen molar-refractivity contribution in [3.63, 3.8) is 0 Å². The lowest BCUT2D eigenvalue weighted by molar-refractivity contribution is -0.384. The lowest BCUT2D eigenvalue weighted by atomic mass is 9.48. The van der Waals surface area contributed by atoms with E-state index >= 15 is 4.79 Å². The number of nitro groups is 1. The first kappa shape index (κ1) is 34.4. The highest BCUT2D eigenvalue weighted by Crippen LogP contribution is 2.65. The number of halogens is 2. The summed E-state index contributed by atoms with van der Waals surface area (Å²) in [5.74, 6) is -7.69. The number of aromatic hydroxyl groups is 1. The van der Waals surface area contributed by atoms with Gasteiger partial charge in [-0.1, -0.05) is 71.8 Å². The third-order valence-corrected chi connectivity index (χ3v) is 12.0. The standard InChI is InChI=1S/C42H30ClFN4O7/c43-24-11-9-23(10-12-24)42-33(39(51)47(41(42)53)45-26-15-13-25(44)14-16-26)21-32-30(37(42)36-29-7-2-1-4-22(29)8-19-34(36)49)17-18-31-35(32)40(52)46(38(31)50)27-5-3-6-28(20-27)48(54)55/h1-17,19-20,31-33,35,37,45,49H,18,21H2. The van der Waals surface area contributed by atoms with Gasteiger partial charge in [0.25, 0.3) is 17.5 Å². The van der Waals surface area contributed by atoms with E-state index in [9.17, 15) is 34.0 Å². The minimum absolute atomic E-state index is 0.0222. The molecule has 11 nitrogen and oxygen atoms in total. The molecule has 13 heteroatoms. The molecule has 0 spiro atoms. The minimum atomic E-state index is -1.70. The number of hydrazine groups is 1. The molecule has 0 aromatic heterocycles. The molecule has 2 N–H and O–H groups in total. The maximum atomic E-state index is 15.4. The summed E-state index contributed by atoms with van der Waals surface area (Å²) in [7, 11) is 0. The molecule has 274 valence electrons. The zero-order valence-electron chi connectivity index (χ0n) is 28.8. The van der Waals surface area contributed by atoms with Crippen LogP contribution in [-0.4, -0.2) is 38.7 Å². The number of phenolic OH excluding ortho intramolecular Hbond substituents is 1. The number of hydrogen-bond acceptors (Lipinski definition) is 8. The quantitative estimate of drug-likeness (QED) is 0.0786. The molecule has 4 amide bonds. The fourth-order valence-corrected chi connectivity index (χ4v) is 9.68. The molecule has 6 atom stereocenters. The van der Waals surface area contributed by atoms with E-state index in [1.54, 1.807) is 36.4 Å². The van der Waals surface area contributed by atoms with Gasteiger partial charge in [-0.15, -0.1) is 0 Å². The summed E-state index contributed by atoms with van der Waals surface area (Å²) in [6.07, 6.45) is 1.95. The Morgan fingerprint density at radius 1 is 0.855 bits per heavy atom. The molecular formula is C42H30ClFN4O7. The molecule has 0 radical (unpaired) electrons. The fraction of sp³-hybridized carbons (Fsp3) is 0.190. The van der Waals surface area contributed by atoms with Gasteiger partial charge in [-0.05, 0) is 83.6 Å². The number of carbonyl (C=O) groups excluding carboxylic acids is 4. The van der Waals surface area contributed by atoms with Crippen molar-refractivity contribution < 1.29 is 33.6 Å². The first-order chi connectivity index (χ1) is 26.5. The van der Waals surface area contributed by atoms with E-state index in [2.05, 4.69) is 5.43 Å². The topological polar surface area (TPSA) is 150 Å². The SMILES string of the molecule is O=C1C2CC3C(=CCC4C(=O)N(c5cccc([N+](=O)[O-])c5)C(=O)C43)C(c3c(O)ccc4ccccc34)C2(c2ccc(Cl)cc2)C(=O)N1Nc1ccc(F)cc1. The molecule has 5 aromatic carbocycles. The number of phenols is 1. The van der Waals surface area contributed by atoms with E-state index in [1.165, 1.54) is 48.5 Å². The number of benzene rings is 5. The molecule has 0 bridgehead atoms. The van der Waals surface area contributed by atoms with Gasteiger partial charge >= 0.3 is 0 Å². The average Bonchev–Trinajstić information content (AvgIpc) is 3.57. The van der Waals surface area contributed by atoms with Gasteiger partial charge < -0.3 is 5.11 Å². The summed E-state index contributed by atoms with van der Waals surface area (Å²) in [5.41, 5.74) is 2.72. The van der Waals surface area contributed by atoms with Crippen LogP contribution in [0.25, 0.3) is 10.8 Å². The molecule has 5 aromatic rings. The maximum absolute atomic E-state index is 15.4. The molecule has 2 aliphatic heterocycles. The maximum Gasteiger partial charge on any atom is 0.271 e. The van der Waals surface area contributed by atoms with Crippen molar-refractivity contribution in [2.24, 2.45) is 23.7 Å². The van der Waals surface area contributed by atoms with Gasteiger partial charge in [-0.25, -0.2) is 9.29 Å². The number of nitrogens with one attached hydrogen (secondary N) is 1. The monoisotopic (exact) mass is 756 g/mol. The van der Waals surface area contributed by atoms with E-state index in [0.29, 0.717) is 27.1 Å². The van der Waals surface area contributed by atoms with Crippen LogP contribution in [0.5, 0.6) is 5.75 Å². The number of nitro benzene ring substituents is 1. The number of allylic oxidation sites excluding steroid dienone is 2. The average molecular weight is 757 g/mol. The highest BCUT2D eigenvalue weighted by Gasteiger charge is 2.71. The van der Waals surface area contributed by atoms with Crippen LogP contribution in [0.4, 0.5) is 21.5 Å². The largest absolute Gasteiger partial charge is 0.508 e. The summed E-state index contributed by atoms with van der Waals surface area (Å²) < 4.78 is 13.9. The predicted molar refractivity (Wildman–Crippen MR) is 200 cm³/mol. The van der Waals surface area contributed by atoms with Crippen LogP contribution in [0, 0.1) is 39.6 Å². The molecule has 4 aliphatic rings. The second kappa shape index (κ2) is 12.6. The Labute approximate surface area is 317 Å². The first-order valence-corrected chi connectivity index (χ1v) is 18.1. The van der Waals surface area contributed by atoms with Gasteiger partial charge in [0.05, 0.1) is 39.5 Å². The Morgan fingerprint density at radius 3 is 2.35 bits per heavy atom. The summed E-state index contributed by atoms with van der Waals surface area (Å²) in [4.78, 5) is 71.1. The number of imide groups is 2. The first-order valence-electron chi connectivity index (χ1n) is 17.7. The highest BCUT2D eigenvalue weighted by molar-refractivity contribution is 6.30. The lowest BCUT2D eigenvalue weighted by Crippen LogP contribution is -2.53. The van der Waals surface area contributed by atoms with Gasteiger partial charge in [0.2, 0.25) is 11.8 Å². The zero-order valence-corrected chi connectivity index (χ0v) is 29.5. The number of anilines is 2. The number of carbonyl (C=O) groups is 4. The molecule has 55 heavy (non-hydrogen) atoms. The number of non-ortho nitro benzene ring substituents is 1. The number of amides is 4. The zero-order chi connectivity index (χ0) is 38.3. The van der Waals surface area contributed by atoms with Gasteiger partial charge in [0.15, 0.2) is 0 Å². The number of nitrogens with zero attached hydrogens (tertiary/aromatic N) is 3. The molecule has 6 unspecified atom stereocenters. The fourth-order valence-electron chi connectivity index (χ4n) is 9.56. The minimum Gasteiger partial charge on any atom is -0.508 e. The van der Waals surface area contributed by atoms with Crippen molar-refractivity contribution >= 4 is 63.1 Å². The third kappa shape index (κ3) is 5.01. The second-order valence-electron chi connectivity index (χ2n) is 14.4. The number of fused-ring (bicyclic) bond motifs is 5. The van der Waals surface area contributed by atoms with Crippen molar-refractivity contribution in [3.05, 3.63) is 153 Å².